The van der Waals surface area contributed by atoms with Gasteiger partial charge in [-0.25, -0.2) is 4.39 Å². The van der Waals surface area contributed by atoms with E-state index in [1.54, 1.807) is 0 Å². The first-order chi connectivity index (χ1) is 20.3. The second-order valence-electron chi connectivity index (χ2n) is 14.0. The van der Waals surface area contributed by atoms with E-state index < -0.39 is 24.2 Å². The van der Waals surface area contributed by atoms with Crippen LogP contribution in [0.2, 0.25) is 0 Å². The van der Waals surface area contributed by atoms with E-state index >= 15 is 4.39 Å². The molecule has 10 unspecified atom stereocenters. The van der Waals surface area contributed by atoms with Crippen LogP contribution in [0.3, 0.4) is 0 Å². The average molecular weight is 580 g/mol. The van der Waals surface area contributed by atoms with E-state index in [1.165, 1.54) is 25.7 Å². The number of fused-ring (bicyclic) bond motifs is 3. The molecule has 5 fully saturated rings. The predicted octanol–water partition coefficient (Wildman–Crippen LogP) is 3.00. The van der Waals surface area contributed by atoms with Crippen LogP contribution in [0.4, 0.5) is 10.1 Å². The van der Waals surface area contributed by atoms with Gasteiger partial charge in [0.1, 0.15) is 6.17 Å². The Morgan fingerprint density at radius 1 is 1.12 bits per heavy atom. The fraction of sp³-hybridized carbons (Fsp3) is 0.697. The monoisotopic (exact) mass is 579 g/mol. The summed E-state index contributed by atoms with van der Waals surface area (Å²) in [5.74, 6) is 0.0872. The maximum absolute atomic E-state index is 16.2. The number of anilines is 1. The number of hydrogen-bond acceptors (Lipinski definition) is 7. The van der Waals surface area contributed by atoms with Crippen LogP contribution in [0.5, 0.6) is 0 Å². The first kappa shape index (κ1) is 28.3. The van der Waals surface area contributed by atoms with Gasteiger partial charge in [0, 0.05) is 57.6 Å². The Labute approximate surface area is 248 Å². The highest BCUT2D eigenvalue weighted by Gasteiger charge is 2.60. The van der Waals surface area contributed by atoms with Crippen LogP contribution >= 0.6 is 0 Å². The van der Waals surface area contributed by atoms with E-state index in [0.29, 0.717) is 24.9 Å². The van der Waals surface area contributed by atoms with Crippen LogP contribution in [0.15, 0.2) is 36.0 Å². The maximum atomic E-state index is 16.2. The molecular formula is C33H46FN5O3. The quantitative estimate of drug-likeness (QED) is 0.519. The summed E-state index contributed by atoms with van der Waals surface area (Å²) in [5, 5.41) is 3.00. The van der Waals surface area contributed by atoms with Crippen molar-refractivity contribution in [1.29, 1.82) is 0 Å². The van der Waals surface area contributed by atoms with Crippen LogP contribution in [0.25, 0.3) is 0 Å². The standard InChI is InChI=1S/C33H46FN5O3/c1-37(2)23-9-5-6-19(12-23)16-36-33(41)25-18-39-27-13-20-7-3-4-8-21(20)14-28(27)42-32-29(39)24(31(25)40)15-26(34)30(32)38-11-10-22(35)17-38/h5-6,9,12,18,20-22,24,26-30,32H,3-4,7-8,10-11,13-17,35H2,1-2H3,(H,36,41). The number of nitrogens with two attached hydrogens (primary N) is 1. The minimum atomic E-state index is -1.20. The number of morpholine rings is 1. The highest BCUT2D eigenvalue weighted by Crippen LogP contribution is 2.51. The van der Waals surface area contributed by atoms with Crippen molar-refractivity contribution in [3.63, 3.8) is 0 Å². The van der Waals surface area contributed by atoms with Gasteiger partial charge in [0.05, 0.1) is 35.9 Å². The summed E-state index contributed by atoms with van der Waals surface area (Å²) in [7, 11) is 3.96. The van der Waals surface area contributed by atoms with Gasteiger partial charge in [-0.05, 0) is 55.2 Å². The molecule has 228 valence electrons. The number of likely N-dealkylation sites (tertiary alicyclic amines) is 1. The molecule has 10 atom stereocenters. The highest BCUT2D eigenvalue weighted by molar-refractivity contribution is 6.20. The molecule has 0 bridgehead atoms. The molecule has 3 N–H and O–H groups in total. The Morgan fingerprint density at radius 3 is 2.64 bits per heavy atom. The van der Waals surface area contributed by atoms with E-state index in [9.17, 15) is 9.59 Å². The normalized spacial score (nSPS) is 39.6. The molecule has 9 heteroatoms. The van der Waals surface area contributed by atoms with Gasteiger partial charge in [0.25, 0.3) is 5.91 Å². The lowest BCUT2D eigenvalue weighted by atomic mass is 9.64. The topological polar surface area (TPSA) is 91.1 Å². The Kier molecular flexibility index (Phi) is 7.55. The lowest BCUT2D eigenvalue weighted by Gasteiger charge is -2.61. The van der Waals surface area contributed by atoms with Crippen molar-refractivity contribution in [2.45, 2.75) is 100 Å². The van der Waals surface area contributed by atoms with Crippen molar-refractivity contribution in [3.8, 4) is 0 Å². The molecule has 7 rings (SSSR count). The van der Waals surface area contributed by atoms with Gasteiger partial charge in [-0.15, -0.1) is 0 Å². The van der Waals surface area contributed by atoms with Crippen molar-refractivity contribution >= 4 is 17.4 Å². The molecule has 3 aliphatic carbocycles. The van der Waals surface area contributed by atoms with Crippen molar-refractivity contribution in [2.24, 2.45) is 23.5 Å². The average Bonchev–Trinajstić information content (AvgIpc) is 3.41. The van der Waals surface area contributed by atoms with Crippen LogP contribution in [0.1, 0.15) is 56.9 Å². The van der Waals surface area contributed by atoms with E-state index in [4.69, 9.17) is 10.5 Å². The van der Waals surface area contributed by atoms with E-state index in [1.807, 2.05) is 49.5 Å². The van der Waals surface area contributed by atoms with Crippen molar-refractivity contribution in [3.05, 3.63) is 41.6 Å². The number of hydrogen-bond donors (Lipinski definition) is 2. The van der Waals surface area contributed by atoms with Crippen LogP contribution in [-0.2, 0) is 20.9 Å². The predicted molar refractivity (Wildman–Crippen MR) is 159 cm³/mol. The lowest BCUT2D eigenvalue weighted by Crippen LogP contribution is -2.73. The zero-order valence-electron chi connectivity index (χ0n) is 25.0. The van der Waals surface area contributed by atoms with Crippen LogP contribution in [-0.4, -0.2) is 91.2 Å². The smallest absolute Gasteiger partial charge is 0.256 e. The Morgan fingerprint density at radius 2 is 1.90 bits per heavy atom. The van der Waals surface area contributed by atoms with Gasteiger partial charge >= 0.3 is 0 Å². The van der Waals surface area contributed by atoms with Crippen molar-refractivity contribution in [1.82, 2.24) is 15.1 Å². The molecule has 1 amide bonds. The largest absolute Gasteiger partial charge is 0.378 e. The summed E-state index contributed by atoms with van der Waals surface area (Å²) in [4.78, 5) is 34.1. The number of benzene rings is 1. The second kappa shape index (κ2) is 11.2. The van der Waals surface area contributed by atoms with Gasteiger partial charge in [0.15, 0.2) is 5.78 Å². The SMILES string of the molecule is CN(C)c1cccc(CNC(=O)C2=CN3C4CC5CCCCC5CC4OC4C(N5CCC(N)C5)C(F)CC(C2=O)C43)c1. The zero-order valence-corrected chi connectivity index (χ0v) is 25.0. The van der Waals surface area contributed by atoms with Gasteiger partial charge in [-0.2, -0.15) is 0 Å². The summed E-state index contributed by atoms with van der Waals surface area (Å²) in [6.45, 7) is 1.74. The number of ketones is 1. The highest BCUT2D eigenvalue weighted by atomic mass is 19.1. The number of ether oxygens (including phenoxy) is 1. The van der Waals surface area contributed by atoms with E-state index in [-0.39, 0.29) is 47.9 Å². The molecular weight excluding hydrogens is 533 g/mol. The molecule has 3 aliphatic heterocycles. The summed E-state index contributed by atoms with van der Waals surface area (Å²) in [6, 6.07) is 7.49. The van der Waals surface area contributed by atoms with Gasteiger partial charge < -0.3 is 25.6 Å². The third kappa shape index (κ3) is 4.95. The first-order valence-corrected chi connectivity index (χ1v) is 16.2. The molecule has 1 aromatic carbocycles. The number of nitrogens with one attached hydrogen (secondary N) is 1. The molecule has 0 spiro atoms. The first-order valence-electron chi connectivity index (χ1n) is 16.2. The summed E-state index contributed by atoms with van der Waals surface area (Å²) in [6.07, 6.45) is 8.20. The lowest BCUT2D eigenvalue weighted by molar-refractivity contribution is -0.219. The fourth-order valence-electron chi connectivity index (χ4n) is 9.17. The van der Waals surface area contributed by atoms with E-state index in [0.717, 1.165) is 37.1 Å². The molecule has 3 saturated carbocycles. The van der Waals surface area contributed by atoms with Crippen molar-refractivity contribution < 1.29 is 18.7 Å². The molecule has 0 aromatic heterocycles. The minimum absolute atomic E-state index is 0.0159. The van der Waals surface area contributed by atoms with E-state index in [2.05, 4.69) is 15.1 Å². The fourth-order valence-corrected chi connectivity index (χ4v) is 9.17. The Hall–Kier alpha value is -2.49. The molecule has 1 aromatic rings. The molecule has 2 saturated heterocycles. The Bertz CT molecular complexity index is 1240. The third-order valence-corrected chi connectivity index (χ3v) is 11.3. The van der Waals surface area contributed by atoms with Crippen molar-refractivity contribution in [2.75, 3.05) is 32.1 Å². The second-order valence-corrected chi connectivity index (χ2v) is 14.0. The summed E-state index contributed by atoms with van der Waals surface area (Å²) < 4.78 is 23.1. The van der Waals surface area contributed by atoms with Gasteiger partial charge in [-0.1, -0.05) is 37.8 Å². The number of nitrogens with zero attached hydrogens (tertiary/aromatic N) is 3. The molecule has 42 heavy (non-hydrogen) atoms. The number of Topliss-reactive ketones (excluding diaryl/α,β-unsaturated/α-hetero) is 1. The summed E-state index contributed by atoms with van der Waals surface area (Å²) >= 11 is 0. The number of carbonyl (C=O) groups excluding carboxylic acids is 2. The summed E-state index contributed by atoms with van der Waals surface area (Å²) in [5.41, 5.74) is 8.44. The van der Waals surface area contributed by atoms with Crippen LogP contribution in [0, 0.1) is 17.8 Å². The zero-order chi connectivity index (χ0) is 29.1. The number of rotatable bonds is 5. The van der Waals surface area contributed by atoms with Gasteiger partial charge in [-0.3, -0.25) is 14.5 Å². The molecule has 0 radical (unpaired) electrons. The molecule has 6 aliphatic rings. The maximum Gasteiger partial charge on any atom is 0.256 e. The number of carbonyl (C=O) groups is 2. The third-order valence-electron chi connectivity index (χ3n) is 11.3. The minimum Gasteiger partial charge on any atom is -0.378 e. The molecule has 8 nitrogen and oxygen atoms in total. The Balaban J connectivity index is 1.19. The molecule has 3 heterocycles. The number of halogens is 1. The number of amides is 1. The van der Waals surface area contributed by atoms with Gasteiger partial charge in [0.2, 0.25) is 0 Å². The van der Waals surface area contributed by atoms with Crippen LogP contribution < -0.4 is 16.0 Å². The number of alkyl halides is 1.